The molecule has 0 aliphatic rings. The largest absolute Gasteiger partial charge is 0.277 e. The normalized spacial score (nSPS) is 11.3. The van der Waals surface area contributed by atoms with Crippen LogP contribution in [0.4, 0.5) is 5.69 Å². The number of hydrogen-bond donors (Lipinski definition) is 0. The van der Waals surface area contributed by atoms with Crippen LogP contribution in [0.25, 0.3) is 5.57 Å². The first-order valence-electron chi connectivity index (χ1n) is 5.69. The fourth-order valence-electron chi connectivity index (χ4n) is 1.96. The molecule has 0 bridgehead atoms. The van der Waals surface area contributed by atoms with Crippen LogP contribution in [0.2, 0.25) is 0 Å². The van der Waals surface area contributed by atoms with Crippen LogP contribution in [0.3, 0.4) is 0 Å². The van der Waals surface area contributed by atoms with Crippen LogP contribution in [-0.4, -0.2) is 4.92 Å². The van der Waals surface area contributed by atoms with Gasteiger partial charge in [0.25, 0.3) is 5.69 Å². The van der Waals surface area contributed by atoms with Gasteiger partial charge in [0, 0.05) is 6.07 Å². The number of allylic oxidation sites excluding steroid dienone is 1. The van der Waals surface area contributed by atoms with E-state index in [-0.39, 0.29) is 10.6 Å². The summed E-state index contributed by atoms with van der Waals surface area (Å²) in [5, 5.41) is 11.1. The second-order valence-electron chi connectivity index (χ2n) is 3.84. The Morgan fingerprint density at radius 3 is 2.28 bits per heavy atom. The van der Waals surface area contributed by atoms with Gasteiger partial charge in [0.15, 0.2) is 0 Å². The molecule has 0 heterocycles. The van der Waals surface area contributed by atoms with E-state index in [0.717, 1.165) is 11.1 Å². The van der Waals surface area contributed by atoms with E-state index >= 15 is 0 Å². The molecular formula is C15H13NO2. The van der Waals surface area contributed by atoms with Crippen molar-refractivity contribution in [3.8, 4) is 0 Å². The van der Waals surface area contributed by atoms with Gasteiger partial charge in [-0.1, -0.05) is 48.5 Å². The van der Waals surface area contributed by atoms with Crippen molar-refractivity contribution >= 4 is 11.3 Å². The Morgan fingerprint density at radius 2 is 1.67 bits per heavy atom. The molecule has 0 radical (unpaired) electrons. The van der Waals surface area contributed by atoms with Gasteiger partial charge >= 0.3 is 0 Å². The zero-order chi connectivity index (χ0) is 13.0. The Labute approximate surface area is 106 Å². The molecule has 0 N–H and O–H groups in total. The molecule has 3 heteroatoms. The number of hydrogen-bond acceptors (Lipinski definition) is 2. The average molecular weight is 239 g/mol. The van der Waals surface area contributed by atoms with Gasteiger partial charge in [-0.05, 0) is 24.1 Å². The second kappa shape index (κ2) is 5.27. The topological polar surface area (TPSA) is 43.1 Å². The van der Waals surface area contributed by atoms with Crippen molar-refractivity contribution in [2.75, 3.05) is 0 Å². The average Bonchev–Trinajstić information content (AvgIpc) is 2.41. The van der Waals surface area contributed by atoms with E-state index in [9.17, 15) is 10.1 Å². The van der Waals surface area contributed by atoms with E-state index in [1.807, 2.05) is 49.4 Å². The first-order chi connectivity index (χ1) is 8.74. The van der Waals surface area contributed by atoms with Gasteiger partial charge in [-0.2, -0.15) is 0 Å². The summed E-state index contributed by atoms with van der Waals surface area (Å²) >= 11 is 0. The number of rotatable bonds is 3. The molecule has 90 valence electrons. The molecule has 2 aromatic carbocycles. The zero-order valence-corrected chi connectivity index (χ0v) is 10.0. The van der Waals surface area contributed by atoms with Gasteiger partial charge in [-0.15, -0.1) is 0 Å². The smallest absolute Gasteiger partial charge is 0.258 e. The van der Waals surface area contributed by atoms with E-state index in [0.29, 0.717) is 5.56 Å². The van der Waals surface area contributed by atoms with Crippen LogP contribution in [-0.2, 0) is 0 Å². The van der Waals surface area contributed by atoms with Crippen molar-refractivity contribution in [3.63, 3.8) is 0 Å². The molecule has 0 atom stereocenters. The first kappa shape index (κ1) is 12.0. The summed E-state index contributed by atoms with van der Waals surface area (Å²) in [4.78, 5) is 10.7. The molecule has 0 amide bonds. The van der Waals surface area contributed by atoms with Gasteiger partial charge in [0.05, 0.1) is 10.5 Å². The monoisotopic (exact) mass is 239 g/mol. The molecule has 0 saturated carbocycles. The van der Waals surface area contributed by atoms with Gasteiger partial charge < -0.3 is 0 Å². The van der Waals surface area contributed by atoms with Gasteiger partial charge in [0.2, 0.25) is 0 Å². The highest BCUT2D eigenvalue weighted by atomic mass is 16.6. The minimum Gasteiger partial charge on any atom is -0.258 e. The van der Waals surface area contributed by atoms with Crippen molar-refractivity contribution in [2.24, 2.45) is 0 Å². The standard InChI is InChI=1S/C15H13NO2/c1-2-13(12-8-4-3-5-9-12)14-10-6-7-11-15(14)16(17)18/h2-11H,1H3/b13-2+. The Bertz CT molecular complexity index is 588. The van der Waals surface area contributed by atoms with Crippen molar-refractivity contribution in [1.82, 2.24) is 0 Å². The van der Waals surface area contributed by atoms with E-state index in [2.05, 4.69) is 0 Å². The molecule has 0 aliphatic heterocycles. The van der Waals surface area contributed by atoms with Crippen LogP contribution in [0.1, 0.15) is 18.1 Å². The van der Waals surface area contributed by atoms with Crippen LogP contribution < -0.4 is 0 Å². The maximum atomic E-state index is 11.1. The molecule has 3 nitrogen and oxygen atoms in total. The van der Waals surface area contributed by atoms with E-state index in [1.165, 1.54) is 6.07 Å². The van der Waals surface area contributed by atoms with Gasteiger partial charge in [-0.25, -0.2) is 0 Å². The Hall–Kier alpha value is -2.42. The van der Waals surface area contributed by atoms with E-state index in [1.54, 1.807) is 12.1 Å². The number of benzene rings is 2. The lowest BCUT2D eigenvalue weighted by Crippen LogP contribution is -1.95. The number of nitro groups is 1. The molecule has 0 unspecified atom stereocenters. The lowest BCUT2D eigenvalue weighted by Gasteiger charge is -2.08. The molecule has 18 heavy (non-hydrogen) atoms. The minimum absolute atomic E-state index is 0.134. The Balaban J connectivity index is 2.57. The SMILES string of the molecule is C/C=C(\c1ccccc1)c1ccccc1[N+](=O)[O-]. The predicted molar refractivity (Wildman–Crippen MR) is 72.3 cm³/mol. The summed E-state index contributed by atoms with van der Waals surface area (Å²) in [7, 11) is 0. The van der Waals surface area contributed by atoms with E-state index in [4.69, 9.17) is 0 Å². The molecular weight excluding hydrogens is 226 g/mol. The first-order valence-corrected chi connectivity index (χ1v) is 5.69. The van der Waals surface area contributed by atoms with Crippen molar-refractivity contribution in [2.45, 2.75) is 6.92 Å². The molecule has 2 aromatic rings. The highest BCUT2D eigenvalue weighted by Gasteiger charge is 2.16. The third kappa shape index (κ3) is 2.30. The fourth-order valence-corrected chi connectivity index (χ4v) is 1.96. The predicted octanol–water partition coefficient (Wildman–Crippen LogP) is 4.05. The minimum atomic E-state index is -0.345. The lowest BCUT2D eigenvalue weighted by atomic mass is 9.96. The van der Waals surface area contributed by atoms with Crippen LogP contribution in [0.5, 0.6) is 0 Å². The lowest BCUT2D eigenvalue weighted by molar-refractivity contribution is -0.385. The van der Waals surface area contributed by atoms with Crippen molar-refractivity contribution in [1.29, 1.82) is 0 Å². The number of nitrogens with zero attached hydrogens (tertiary/aromatic N) is 1. The molecule has 0 aromatic heterocycles. The summed E-state index contributed by atoms with van der Waals surface area (Å²) in [6.45, 7) is 1.89. The van der Waals surface area contributed by atoms with Crippen molar-refractivity contribution in [3.05, 3.63) is 81.9 Å². The Kier molecular flexibility index (Phi) is 3.53. The van der Waals surface area contributed by atoms with Crippen LogP contribution in [0, 0.1) is 10.1 Å². The van der Waals surface area contributed by atoms with Gasteiger partial charge in [0.1, 0.15) is 0 Å². The molecule has 0 saturated heterocycles. The summed E-state index contributed by atoms with van der Waals surface area (Å²) in [5.41, 5.74) is 2.64. The maximum Gasteiger partial charge on any atom is 0.277 e. The molecule has 0 fully saturated rings. The Morgan fingerprint density at radius 1 is 1.06 bits per heavy atom. The number of para-hydroxylation sites is 1. The number of nitro benzene ring substituents is 1. The molecule has 0 aliphatic carbocycles. The van der Waals surface area contributed by atoms with Crippen LogP contribution in [0.15, 0.2) is 60.7 Å². The van der Waals surface area contributed by atoms with Crippen LogP contribution >= 0.6 is 0 Å². The molecule has 0 spiro atoms. The van der Waals surface area contributed by atoms with E-state index < -0.39 is 0 Å². The fraction of sp³-hybridized carbons (Fsp3) is 0.0667. The maximum absolute atomic E-state index is 11.1. The van der Waals surface area contributed by atoms with Crippen molar-refractivity contribution < 1.29 is 4.92 Å². The molecule has 2 rings (SSSR count). The highest BCUT2D eigenvalue weighted by Crippen LogP contribution is 2.30. The third-order valence-electron chi connectivity index (χ3n) is 2.76. The summed E-state index contributed by atoms with van der Waals surface area (Å²) in [6, 6.07) is 16.5. The second-order valence-corrected chi connectivity index (χ2v) is 3.84. The zero-order valence-electron chi connectivity index (χ0n) is 10.0. The summed E-state index contributed by atoms with van der Waals surface area (Å²) in [6.07, 6.45) is 1.90. The summed E-state index contributed by atoms with van der Waals surface area (Å²) < 4.78 is 0. The van der Waals surface area contributed by atoms with Gasteiger partial charge in [-0.3, -0.25) is 10.1 Å². The highest BCUT2D eigenvalue weighted by molar-refractivity contribution is 5.83. The quantitative estimate of drug-likeness (QED) is 0.599. The third-order valence-corrected chi connectivity index (χ3v) is 2.76. The summed E-state index contributed by atoms with van der Waals surface area (Å²) in [5.74, 6) is 0.